The molecule has 7 nitrogen and oxygen atoms in total. The Bertz CT molecular complexity index is 313. The molecule has 0 radical (unpaired) electrons. The Morgan fingerprint density at radius 1 is 1.73 bits per heavy atom. The van der Waals surface area contributed by atoms with Crippen molar-refractivity contribution in [1.29, 1.82) is 0 Å². The number of aliphatic hydroxyl groups is 1. The van der Waals surface area contributed by atoms with Crippen molar-refractivity contribution in [3.8, 4) is 0 Å². The molecule has 7 heteroatoms. The summed E-state index contributed by atoms with van der Waals surface area (Å²) in [5, 5.41) is 12.6. The standard InChI is InChI=1S/C8H14N4O3/c9-8(14)6-15-11-4-7-3-10-12(5-7)1-2-13/h3,5,11,13H,1-2,4,6H2,(H2,9,14). The van der Waals surface area contributed by atoms with Crippen molar-refractivity contribution in [2.24, 2.45) is 5.73 Å². The van der Waals surface area contributed by atoms with Gasteiger partial charge in [0.15, 0.2) is 0 Å². The van der Waals surface area contributed by atoms with Gasteiger partial charge >= 0.3 is 0 Å². The highest BCUT2D eigenvalue weighted by Gasteiger charge is 1.98. The van der Waals surface area contributed by atoms with Crippen molar-refractivity contribution >= 4 is 5.91 Å². The quantitative estimate of drug-likeness (QED) is 0.374. The topological polar surface area (TPSA) is 102 Å². The number of nitrogens with one attached hydrogen (secondary N) is 1. The Kier molecular flexibility index (Phi) is 4.75. The zero-order chi connectivity index (χ0) is 11.1. The van der Waals surface area contributed by atoms with Gasteiger partial charge in [-0.1, -0.05) is 0 Å². The smallest absolute Gasteiger partial charge is 0.245 e. The number of nitrogens with zero attached hydrogens (tertiary/aromatic N) is 2. The predicted octanol–water partition coefficient (Wildman–Crippen LogP) is -1.62. The highest BCUT2D eigenvalue weighted by Crippen LogP contribution is 1.96. The van der Waals surface area contributed by atoms with Crippen LogP contribution in [0.3, 0.4) is 0 Å². The molecule has 0 aliphatic rings. The minimum Gasteiger partial charge on any atom is -0.394 e. The van der Waals surface area contributed by atoms with E-state index in [1.807, 2.05) is 0 Å². The van der Waals surface area contributed by atoms with Gasteiger partial charge in [-0.15, -0.1) is 0 Å². The minimum atomic E-state index is -0.529. The molecule has 4 N–H and O–H groups in total. The number of hydrogen-bond donors (Lipinski definition) is 3. The highest BCUT2D eigenvalue weighted by atomic mass is 16.6. The number of rotatable bonds is 7. The maximum atomic E-state index is 10.3. The number of primary amides is 1. The van der Waals surface area contributed by atoms with Crippen molar-refractivity contribution in [3.63, 3.8) is 0 Å². The normalized spacial score (nSPS) is 10.5. The summed E-state index contributed by atoms with van der Waals surface area (Å²) in [5.74, 6) is -0.529. The summed E-state index contributed by atoms with van der Waals surface area (Å²) in [4.78, 5) is 15.1. The zero-order valence-electron chi connectivity index (χ0n) is 8.22. The fourth-order valence-electron chi connectivity index (χ4n) is 0.979. The van der Waals surface area contributed by atoms with Gasteiger partial charge in [0.05, 0.1) is 19.3 Å². The van der Waals surface area contributed by atoms with E-state index in [2.05, 4.69) is 10.6 Å². The first-order valence-electron chi connectivity index (χ1n) is 4.47. The average molecular weight is 214 g/mol. The summed E-state index contributed by atoms with van der Waals surface area (Å²) in [7, 11) is 0. The van der Waals surface area contributed by atoms with E-state index in [0.717, 1.165) is 5.56 Å². The Morgan fingerprint density at radius 2 is 2.53 bits per heavy atom. The Balaban J connectivity index is 2.22. The molecule has 0 aliphatic carbocycles. The summed E-state index contributed by atoms with van der Waals surface area (Å²) in [6.45, 7) is 0.776. The lowest BCUT2D eigenvalue weighted by Gasteiger charge is -2.01. The van der Waals surface area contributed by atoms with Crippen molar-refractivity contribution < 1.29 is 14.7 Å². The van der Waals surface area contributed by atoms with Crippen LogP contribution >= 0.6 is 0 Å². The van der Waals surface area contributed by atoms with E-state index >= 15 is 0 Å². The second-order valence-electron chi connectivity index (χ2n) is 2.91. The van der Waals surface area contributed by atoms with Gasteiger partial charge in [0.2, 0.25) is 5.91 Å². The van der Waals surface area contributed by atoms with E-state index in [0.29, 0.717) is 13.1 Å². The van der Waals surface area contributed by atoms with Crippen LogP contribution in [0, 0.1) is 0 Å². The molecule has 1 aromatic heterocycles. The lowest BCUT2D eigenvalue weighted by molar-refractivity contribution is -0.125. The molecular weight excluding hydrogens is 200 g/mol. The number of aliphatic hydroxyl groups excluding tert-OH is 1. The molecule has 0 atom stereocenters. The third kappa shape index (κ3) is 4.54. The minimum absolute atomic E-state index is 0.0483. The second kappa shape index (κ2) is 6.12. The molecule has 0 fully saturated rings. The first kappa shape index (κ1) is 11.6. The van der Waals surface area contributed by atoms with Crippen molar-refractivity contribution in [2.45, 2.75) is 13.1 Å². The van der Waals surface area contributed by atoms with Gasteiger partial charge in [-0.25, -0.2) is 0 Å². The van der Waals surface area contributed by atoms with Gasteiger partial charge in [-0.05, 0) is 0 Å². The molecule has 1 heterocycles. The monoisotopic (exact) mass is 214 g/mol. The lowest BCUT2D eigenvalue weighted by Crippen LogP contribution is -2.24. The van der Waals surface area contributed by atoms with Crippen LogP contribution in [0.1, 0.15) is 5.56 Å². The second-order valence-corrected chi connectivity index (χ2v) is 2.91. The van der Waals surface area contributed by atoms with E-state index in [1.165, 1.54) is 0 Å². The van der Waals surface area contributed by atoms with Crippen LogP contribution in [0.15, 0.2) is 12.4 Å². The van der Waals surface area contributed by atoms with Gasteiger partial charge < -0.3 is 10.8 Å². The third-order valence-corrected chi connectivity index (χ3v) is 1.61. The van der Waals surface area contributed by atoms with E-state index in [4.69, 9.17) is 15.7 Å². The molecule has 15 heavy (non-hydrogen) atoms. The maximum Gasteiger partial charge on any atom is 0.245 e. The van der Waals surface area contributed by atoms with Crippen LogP contribution < -0.4 is 11.2 Å². The summed E-state index contributed by atoms with van der Waals surface area (Å²) >= 11 is 0. The molecule has 0 unspecified atom stereocenters. The van der Waals surface area contributed by atoms with E-state index in [1.54, 1.807) is 17.1 Å². The summed E-state index contributed by atoms with van der Waals surface area (Å²) in [5.41, 5.74) is 8.34. The Hall–Kier alpha value is -1.44. The number of aromatic nitrogens is 2. The summed E-state index contributed by atoms with van der Waals surface area (Å²) < 4.78 is 1.62. The van der Waals surface area contributed by atoms with Crippen molar-refractivity contribution in [1.82, 2.24) is 15.3 Å². The van der Waals surface area contributed by atoms with Crippen LogP contribution in [0.4, 0.5) is 0 Å². The van der Waals surface area contributed by atoms with Gasteiger partial charge in [-0.2, -0.15) is 10.6 Å². The van der Waals surface area contributed by atoms with Gasteiger partial charge in [-0.3, -0.25) is 14.3 Å². The van der Waals surface area contributed by atoms with Crippen LogP contribution in [0.25, 0.3) is 0 Å². The predicted molar refractivity (Wildman–Crippen MR) is 51.3 cm³/mol. The molecule has 1 aromatic rings. The maximum absolute atomic E-state index is 10.3. The Morgan fingerprint density at radius 3 is 3.20 bits per heavy atom. The molecule has 0 aromatic carbocycles. The van der Waals surface area contributed by atoms with Gasteiger partial charge in [0.25, 0.3) is 0 Å². The summed E-state index contributed by atoms with van der Waals surface area (Å²) in [6.07, 6.45) is 3.42. The number of hydroxylamine groups is 1. The largest absolute Gasteiger partial charge is 0.394 e. The number of carbonyl (C=O) groups excluding carboxylic acids is 1. The summed E-state index contributed by atoms with van der Waals surface area (Å²) in [6, 6.07) is 0. The van der Waals surface area contributed by atoms with Crippen LogP contribution in [-0.2, 0) is 22.7 Å². The van der Waals surface area contributed by atoms with Gasteiger partial charge in [0, 0.05) is 18.3 Å². The number of hydrogen-bond acceptors (Lipinski definition) is 5. The lowest BCUT2D eigenvalue weighted by atomic mass is 10.4. The van der Waals surface area contributed by atoms with Crippen LogP contribution in [0.5, 0.6) is 0 Å². The highest BCUT2D eigenvalue weighted by molar-refractivity contribution is 5.74. The SMILES string of the molecule is NC(=O)CONCc1cnn(CCO)c1. The zero-order valence-corrected chi connectivity index (χ0v) is 8.22. The first-order chi connectivity index (χ1) is 7.22. The average Bonchev–Trinajstić information content (AvgIpc) is 2.61. The molecule has 1 amide bonds. The van der Waals surface area contributed by atoms with Gasteiger partial charge in [0.1, 0.15) is 6.61 Å². The van der Waals surface area contributed by atoms with Crippen molar-refractivity contribution in [2.75, 3.05) is 13.2 Å². The molecule has 0 bridgehead atoms. The first-order valence-corrected chi connectivity index (χ1v) is 4.47. The Labute approximate surface area is 86.8 Å². The fourth-order valence-corrected chi connectivity index (χ4v) is 0.979. The van der Waals surface area contributed by atoms with Crippen molar-refractivity contribution in [3.05, 3.63) is 18.0 Å². The molecule has 84 valence electrons. The van der Waals surface area contributed by atoms with Crippen LogP contribution in [0.2, 0.25) is 0 Å². The van der Waals surface area contributed by atoms with E-state index in [9.17, 15) is 4.79 Å². The van der Waals surface area contributed by atoms with E-state index < -0.39 is 5.91 Å². The number of amides is 1. The van der Waals surface area contributed by atoms with Crippen LogP contribution in [-0.4, -0.2) is 34.0 Å². The molecular formula is C8H14N4O3. The molecule has 0 saturated heterocycles. The molecule has 0 saturated carbocycles. The number of nitrogens with two attached hydrogens (primary N) is 1. The molecule has 0 aliphatic heterocycles. The number of carbonyl (C=O) groups is 1. The molecule has 1 rings (SSSR count). The third-order valence-electron chi connectivity index (χ3n) is 1.61. The fraction of sp³-hybridized carbons (Fsp3) is 0.500. The molecule has 0 spiro atoms. The van der Waals surface area contributed by atoms with E-state index in [-0.39, 0.29) is 13.2 Å².